The minimum Gasteiger partial charge on any atom is -0.296 e. The van der Waals surface area contributed by atoms with E-state index in [0.717, 1.165) is 21.1 Å². The number of aromatic nitrogens is 3. The van der Waals surface area contributed by atoms with Gasteiger partial charge in [-0.15, -0.1) is 22.7 Å². The first-order chi connectivity index (χ1) is 10.0. The first-order valence-corrected chi connectivity index (χ1v) is 8.07. The van der Waals surface area contributed by atoms with Crippen LogP contribution in [0.5, 0.6) is 0 Å². The van der Waals surface area contributed by atoms with Crippen LogP contribution in [0, 0.1) is 13.8 Å². The van der Waals surface area contributed by atoms with Gasteiger partial charge in [0.15, 0.2) is 5.13 Å². The summed E-state index contributed by atoms with van der Waals surface area (Å²) in [7, 11) is 1.77. The maximum Gasteiger partial charge on any atom is 0.275 e. The van der Waals surface area contributed by atoms with E-state index in [1.807, 2.05) is 31.4 Å². The lowest BCUT2D eigenvalue weighted by atomic mass is 10.3. The second-order valence-electron chi connectivity index (χ2n) is 4.63. The lowest BCUT2D eigenvalue weighted by molar-refractivity contribution is 0.101. The molecule has 3 aromatic heterocycles. The molecular formula is C14H14N4OS2. The number of aryl methyl sites for hydroxylation is 3. The maximum absolute atomic E-state index is 12.3. The van der Waals surface area contributed by atoms with Crippen LogP contribution in [0.25, 0.3) is 10.6 Å². The van der Waals surface area contributed by atoms with Crippen molar-refractivity contribution in [1.29, 1.82) is 0 Å². The van der Waals surface area contributed by atoms with E-state index in [4.69, 9.17) is 0 Å². The molecule has 5 nitrogen and oxygen atoms in total. The summed E-state index contributed by atoms with van der Waals surface area (Å²) >= 11 is 3.08. The lowest BCUT2D eigenvalue weighted by Gasteiger charge is -2.00. The third-order valence-electron chi connectivity index (χ3n) is 3.14. The molecule has 0 bridgehead atoms. The van der Waals surface area contributed by atoms with Gasteiger partial charge in [0.05, 0.1) is 10.6 Å². The fourth-order valence-electron chi connectivity index (χ4n) is 1.91. The summed E-state index contributed by atoms with van der Waals surface area (Å²) in [6.07, 6.45) is 0. The number of amides is 1. The molecular weight excluding hydrogens is 304 g/mol. The van der Waals surface area contributed by atoms with Crippen LogP contribution in [0.3, 0.4) is 0 Å². The van der Waals surface area contributed by atoms with Gasteiger partial charge in [-0.05, 0) is 31.4 Å². The van der Waals surface area contributed by atoms with Crippen molar-refractivity contribution >= 4 is 33.7 Å². The van der Waals surface area contributed by atoms with Crippen molar-refractivity contribution in [3.8, 4) is 10.6 Å². The molecule has 0 aliphatic rings. The molecule has 0 atom stereocenters. The van der Waals surface area contributed by atoms with Gasteiger partial charge in [0, 0.05) is 11.9 Å². The largest absolute Gasteiger partial charge is 0.296 e. The van der Waals surface area contributed by atoms with Gasteiger partial charge in [0.2, 0.25) is 0 Å². The normalized spacial score (nSPS) is 10.8. The Morgan fingerprint density at radius 2 is 2.19 bits per heavy atom. The fourth-order valence-corrected chi connectivity index (χ4v) is 3.40. The number of carbonyl (C=O) groups excluding carboxylic acids is 1. The molecule has 108 valence electrons. The predicted molar refractivity (Wildman–Crippen MR) is 86.1 cm³/mol. The molecule has 0 saturated carbocycles. The number of anilines is 1. The van der Waals surface area contributed by atoms with Gasteiger partial charge < -0.3 is 0 Å². The molecule has 3 rings (SSSR count). The number of carbonyl (C=O) groups is 1. The van der Waals surface area contributed by atoms with Gasteiger partial charge in [-0.2, -0.15) is 5.10 Å². The van der Waals surface area contributed by atoms with Crippen molar-refractivity contribution in [3.05, 3.63) is 39.8 Å². The Labute approximate surface area is 130 Å². The number of nitrogens with one attached hydrogen (secondary N) is 1. The van der Waals surface area contributed by atoms with E-state index in [9.17, 15) is 4.79 Å². The van der Waals surface area contributed by atoms with Gasteiger partial charge in [0.1, 0.15) is 11.4 Å². The van der Waals surface area contributed by atoms with Gasteiger partial charge >= 0.3 is 0 Å². The van der Waals surface area contributed by atoms with Crippen molar-refractivity contribution in [2.24, 2.45) is 7.05 Å². The molecule has 3 aromatic rings. The number of hydrogen-bond acceptors (Lipinski definition) is 5. The van der Waals surface area contributed by atoms with Crippen LogP contribution in [0.15, 0.2) is 23.6 Å². The number of thiophene rings is 1. The average molecular weight is 318 g/mol. The smallest absolute Gasteiger partial charge is 0.275 e. The summed E-state index contributed by atoms with van der Waals surface area (Å²) in [5.41, 5.74) is 2.27. The van der Waals surface area contributed by atoms with Crippen LogP contribution in [0.4, 0.5) is 5.13 Å². The minimum absolute atomic E-state index is 0.193. The zero-order valence-corrected chi connectivity index (χ0v) is 13.5. The first kappa shape index (κ1) is 14.0. The molecule has 21 heavy (non-hydrogen) atoms. The van der Waals surface area contributed by atoms with E-state index in [-0.39, 0.29) is 5.91 Å². The molecule has 0 radical (unpaired) electrons. The highest BCUT2D eigenvalue weighted by Gasteiger charge is 2.16. The van der Waals surface area contributed by atoms with Gasteiger partial charge in [0.25, 0.3) is 5.91 Å². The van der Waals surface area contributed by atoms with Gasteiger partial charge in [-0.25, -0.2) is 4.98 Å². The number of rotatable bonds is 3. The zero-order valence-electron chi connectivity index (χ0n) is 11.9. The molecule has 3 heterocycles. The third kappa shape index (κ3) is 2.74. The molecule has 1 amide bonds. The Kier molecular flexibility index (Phi) is 3.60. The number of nitrogens with zero attached hydrogens (tertiary/aromatic N) is 3. The van der Waals surface area contributed by atoms with E-state index in [0.29, 0.717) is 10.8 Å². The average Bonchev–Trinajstić information content (AvgIpc) is 3.11. The summed E-state index contributed by atoms with van der Waals surface area (Å²) in [6.45, 7) is 3.92. The summed E-state index contributed by atoms with van der Waals surface area (Å²) in [4.78, 5) is 18.8. The second kappa shape index (κ2) is 5.42. The van der Waals surface area contributed by atoms with Gasteiger partial charge in [-0.3, -0.25) is 14.8 Å². The van der Waals surface area contributed by atoms with Crippen molar-refractivity contribution in [2.45, 2.75) is 13.8 Å². The van der Waals surface area contributed by atoms with Crippen molar-refractivity contribution in [2.75, 3.05) is 5.32 Å². The van der Waals surface area contributed by atoms with E-state index in [1.54, 1.807) is 29.1 Å². The van der Waals surface area contributed by atoms with Crippen LogP contribution < -0.4 is 5.32 Å². The van der Waals surface area contributed by atoms with Crippen molar-refractivity contribution in [1.82, 2.24) is 14.8 Å². The molecule has 1 N–H and O–H groups in total. The van der Waals surface area contributed by atoms with E-state index >= 15 is 0 Å². The highest BCUT2D eigenvalue weighted by Crippen LogP contribution is 2.25. The van der Waals surface area contributed by atoms with E-state index < -0.39 is 0 Å². The molecule has 0 aliphatic carbocycles. The molecule has 0 aromatic carbocycles. The molecule has 0 unspecified atom stereocenters. The second-order valence-corrected chi connectivity index (χ2v) is 6.78. The highest BCUT2D eigenvalue weighted by molar-refractivity contribution is 7.15. The van der Waals surface area contributed by atoms with E-state index in [2.05, 4.69) is 15.4 Å². The Morgan fingerprint density at radius 1 is 1.38 bits per heavy atom. The highest BCUT2D eigenvalue weighted by atomic mass is 32.1. The SMILES string of the molecule is Cc1nc(NC(=O)c2cc(-c3cccs3)nn2C)sc1C. The van der Waals surface area contributed by atoms with Crippen molar-refractivity contribution in [3.63, 3.8) is 0 Å². The minimum atomic E-state index is -0.193. The fraction of sp³-hybridized carbons (Fsp3) is 0.214. The van der Waals surface area contributed by atoms with Crippen LogP contribution in [-0.2, 0) is 7.05 Å². The Bertz CT molecular complexity index is 767. The lowest BCUT2D eigenvalue weighted by Crippen LogP contribution is -2.15. The zero-order chi connectivity index (χ0) is 15.0. The first-order valence-electron chi connectivity index (χ1n) is 6.38. The quantitative estimate of drug-likeness (QED) is 0.804. The predicted octanol–water partition coefficient (Wildman–Crippen LogP) is 3.47. The van der Waals surface area contributed by atoms with Crippen LogP contribution in [0.2, 0.25) is 0 Å². The Hall–Kier alpha value is -1.99. The summed E-state index contributed by atoms with van der Waals surface area (Å²) in [6, 6.07) is 5.76. The Balaban J connectivity index is 1.85. The van der Waals surface area contributed by atoms with Gasteiger partial charge in [-0.1, -0.05) is 6.07 Å². The van der Waals surface area contributed by atoms with Crippen LogP contribution >= 0.6 is 22.7 Å². The number of thiazole rings is 1. The molecule has 0 spiro atoms. The van der Waals surface area contributed by atoms with E-state index in [1.165, 1.54) is 11.3 Å². The topological polar surface area (TPSA) is 59.8 Å². The van der Waals surface area contributed by atoms with Crippen molar-refractivity contribution < 1.29 is 4.79 Å². The summed E-state index contributed by atoms with van der Waals surface area (Å²) in [5.74, 6) is -0.193. The number of hydrogen-bond donors (Lipinski definition) is 1. The Morgan fingerprint density at radius 3 is 2.81 bits per heavy atom. The van der Waals surface area contributed by atoms with Crippen LogP contribution in [0.1, 0.15) is 21.1 Å². The third-order valence-corrected chi connectivity index (χ3v) is 5.02. The molecule has 0 aliphatic heterocycles. The molecule has 0 fully saturated rings. The summed E-state index contributed by atoms with van der Waals surface area (Å²) < 4.78 is 1.59. The monoisotopic (exact) mass is 318 g/mol. The molecule has 0 saturated heterocycles. The standard InChI is InChI=1S/C14H14N4OS2/c1-8-9(2)21-14(15-8)16-13(19)11-7-10(17-18(11)3)12-5-4-6-20-12/h4-7H,1-3H3,(H,15,16,19). The maximum atomic E-state index is 12.3. The van der Waals surface area contributed by atoms with Crippen LogP contribution in [-0.4, -0.2) is 20.7 Å². The summed E-state index contributed by atoms with van der Waals surface area (Å²) in [5, 5.41) is 9.83. The molecule has 7 heteroatoms.